The number of carbonyl (C=O) groups is 1. The monoisotopic (exact) mass is 304 g/mol. The van der Waals surface area contributed by atoms with Gasteiger partial charge >= 0.3 is 0 Å². The fourth-order valence-corrected chi connectivity index (χ4v) is 2.48. The summed E-state index contributed by atoms with van der Waals surface area (Å²) in [4.78, 5) is 16.0. The summed E-state index contributed by atoms with van der Waals surface area (Å²) in [6, 6.07) is 7.67. The van der Waals surface area contributed by atoms with E-state index in [1.54, 1.807) is 11.8 Å². The van der Waals surface area contributed by atoms with Crippen molar-refractivity contribution >= 4 is 17.7 Å². The van der Waals surface area contributed by atoms with Crippen molar-refractivity contribution in [2.24, 2.45) is 5.92 Å². The lowest BCUT2D eigenvalue weighted by Gasteiger charge is -2.07. The van der Waals surface area contributed by atoms with E-state index < -0.39 is 0 Å². The molecule has 112 valence electrons. The van der Waals surface area contributed by atoms with Gasteiger partial charge in [-0.15, -0.1) is 0 Å². The maximum Gasteiger partial charge on any atom is 0.251 e. The number of rotatable bonds is 7. The van der Waals surface area contributed by atoms with Crippen LogP contribution < -0.4 is 5.32 Å². The Bertz CT molecular complexity index is 552. The molecule has 0 radical (unpaired) electrons. The van der Waals surface area contributed by atoms with Crippen molar-refractivity contribution in [2.45, 2.75) is 31.2 Å². The number of aromatic amines is 1. The summed E-state index contributed by atoms with van der Waals surface area (Å²) < 4.78 is 0. The second kappa shape index (κ2) is 7.83. The minimum Gasteiger partial charge on any atom is -0.352 e. The van der Waals surface area contributed by atoms with E-state index in [-0.39, 0.29) is 5.91 Å². The highest BCUT2D eigenvalue weighted by molar-refractivity contribution is 7.98. The Morgan fingerprint density at radius 1 is 1.33 bits per heavy atom. The minimum atomic E-state index is -0.00918. The van der Waals surface area contributed by atoms with Crippen LogP contribution in [-0.4, -0.2) is 27.6 Å². The van der Waals surface area contributed by atoms with Crippen molar-refractivity contribution < 1.29 is 4.79 Å². The van der Waals surface area contributed by atoms with Gasteiger partial charge in [-0.1, -0.05) is 37.7 Å². The van der Waals surface area contributed by atoms with E-state index in [9.17, 15) is 4.79 Å². The average molecular weight is 304 g/mol. The number of hydrogen-bond donors (Lipinski definition) is 2. The molecule has 0 spiro atoms. The van der Waals surface area contributed by atoms with E-state index in [2.05, 4.69) is 34.3 Å². The number of nitrogens with zero attached hydrogens (tertiary/aromatic N) is 2. The van der Waals surface area contributed by atoms with Crippen molar-refractivity contribution in [1.29, 1.82) is 0 Å². The normalized spacial score (nSPS) is 10.8. The van der Waals surface area contributed by atoms with Crippen LogP contribution in [0.15, 0.2) is 35.7 Å². The molecule has 0 aliphatic heterocycles. The zero-order valence-electron chi connectivity index (χ0n) is 12.3. The van der Waals surface area contributed by atoms with E-state index in [0.717, 1.165) is 29.4 Å². The average Bonchev–Trinajstić information content (AvgIpc) is 2.98. The van der Waals surface area contributed by atoms with Crippen LogP contribution in [0, 0.1) is 5.92 Å². The molecule has 0 fully saturated rings. The smallest absolute Gasteiger partial charge is 0.251 e. The number of aromatic nitrogens is 3. The molecule has 0 saturated heterocycles. The third-order valence-corrected chi connectivity index (χ3v) is 3.94. The van der Waals surface area contributed by atoms with Gasteiger partial charge in [-0.2, -0.15) is 5.10 Å². The first-order valence-corrected chi connectivity index (χ1v) is 7.99. The molecule has 6 heteroatoms. The second-order valence-electron chi connectivity index (χ2n) is 5.21. The van der Waals surface area contributed by atoms with Gasteiger partial charge in [-0.25, -0.2) is 4.98 Å². The zero-order valence-corrected chi connectivity index (χ0v) is 13.1. The van der Waals surface area contributed by atoms with Crippen LogP contribution in [0.25, 0.3) is 0 Å². The molecule has 0 aliphatic carbocycles. The summed E-state index contributed by atoms with van der Waals surface area (Å²) in [5.41, 5.74) is 1.85. The summed E-state index contributed by atoms with van der Waals surface area (Å²) >= 11 is 1.58. The van der Waals surface area contributed by atoms with E-state index in [1.807, 2.05) is 24.3 Å². The van der Waals surface area contributed by atoms with Crippen molar-refractivity contribution in [3.63, 3.8) is 0 Å². The maximum atomic E-state index is 11.9. The standard InChI is InChI=1S/C15H20N4OS/c1-11(2)7-8-16-14(20)13-5-3-12(4-6-13)9-21-15-17-10-18-19-15/h3-6,10-11H,7-9H2,1-2H3,(H,16,20)(H,17,18,19). The maximum absolute atomic E-state index is 11.9. The summed E-state index contributed by atoms with van der Waals surface area (Å²) in [5, 5.41) is 10.3. The molecule has 21 heavy (non-hydrogen) atoms. The zero-order chi connectivity index (χ0) is 15.1. The molecule has 0 atom stereocenters. The third-order valence-electron chi connectivity index (χ3n) is 2.99. The van der Waals surface area contributed by atoms with E-state index in [1.165, 1.54) is 6.33 Å². The molecule has 0 unspecified atom stereocenters. The number of H-pyrrole nitrogens is 1. The number of benzene rings is 1. The molecular weight excluding hydrogens is 284 g/mol. The largest absolute Gasteiger partial charge is 0.352 e. The molecular formula is C15H20N4OS. The molecule has 2 aromatic rings. The SMILES string of the molecule is CC(C)CCNC(=O)c1ccc(CSc2ncn[nH]2)cc1. The highest BCUT2D eigenvalue weighted by Gasteiger charge is 2.05. The van der Waals surface area contributed by atoms with E-state index in [0.29, 0.717) is 11.5 Å². The van der Waals surface area contributed by atoms with Crippen molar-refractivity contribution in [2.75, 3.05) is 6.54 Å². The van der Waals surface area contributed by atoms with E-state index in [4.69, 9.17) is 0 Å². The predicted molar refractivity (Wildman–Crippen MR) is 84.2 cm³/mol. The van der Waals surface area contributed by atoms with Crippen LogP contribution in [0.2, 0.25) is 0 Å². The lowest BCUT2D eigenvalue weighted by Crippen LogP contribution is -2.25. The Labute approximate surface area is 128 Å². The van der Waals surface area contributed by atoms with Crippen molar-refractivity contribution in [3.8, 4) is 0 Å². The van der Waals surface area contributed by atoms with Gasteiger partial charge in [0.05, 0.1) is 0 Å². The molecule has 2 rings (SSSR count). The Balaban J connectivity index is 1.82. The van der Waals surface area contributed by atoms with Crippen LogP contribution in [0.3, 0.4) is 0 Å². The van der Waals surface area contributed by atoms with Gasteiger partial charge in [0.15, 0.2) is 5.16 Å². The first-order chi connectivity index (χ1) is 10.1. The van der Waals surface area contributed by atoms with Gasteiger partial charge in [0, 0.05) is 17.9 Å². The fourth-order valence-electron chi connectivity index (χ4n) is 1.74. The lowest BCUT2D eigenvalue weighted by molar-refractivity contribution is 0.0952. The molecule has 2 N–H and O–H groups in total. The molecule has 0 aliphatic rings. The third kappa shape index (κ3) is 5.23. The Kier molecular flexibility index (Phi) is 5.80. The van der Waals surface area contributed by atoms with Crippen molar-refractivity contribution in [1.82, 2.24) is 20.5 Å². The quantitative estimate of drug-likeness (QED) is 0.772. The van der Waals surface area contributed by atoms with Gasteiger partial charge < -0.3 is 5.32 Å². The molecule has 5 nitrogen and oxygen atoms in total. The number of hydrogen-bond acceptors (Lipinski definition) is 4. The first kappa shape index (κ1) is 15.6. The van der Waals surface area contributed by atoms with Gasteiger partial charge in [-0.05, 0) is 30.0 Å². The molecule has 1 amide bonds. The lowest BCUT2D eigenvalue weighted by atomic mass is 10.1. The number of amides is 1. The molecule has 1 aromatic heterocycles. The minimum absolute atomic E-state index is 0.00918. The van der Waals surface area contributed by atoms with Crippen LogP contribution in [0.1, 0.15) is 36.2 Å². The predicted octanol–water partition coefficient (Wildman–Crippen LogP) is 2.87. The van der Waals surface area contributed by atoms with Crippen LogP contribution in [0.4, 0.5) is 0 Å². The first-order valence-electron chi connectivity index (χ1n) is 7.00. The summed E-state index contributed by atoms with van der Waals surface area (Å²) in [6.45, 7) is 5.01. The Morgan fingerprint density at radius 3 is 2.71 bits per heavy atom. The van der Waals surface area contributed by atoms with Gasteiger partial charge in [0.2, 0.25) is 0 Å². The molecule has 1 heterocycles. The van der Waals surface area contributed by atoms with Gasteiger partial charge in [-0.3, -0.25) is 9.89 Å². The van der Waals surface area contributed by atoms with Crippen LogP contribution in [-0.2, 0) is 5.75 Å². The van der Waals surface area contributed by atoms with Crippen molar-refractivity contribution in [3.05, 3.63) is 41.7 Å². The molecule has 0 bridgehead atoms. The number of carbonyl (C=O) groups excluding carboxylic acids is 1. The number of thioether (sulfide) groups is 1. The summed E-state index contributed by atoms with van der Waals surface area (Å²) in [5.74, 6) is 1.38. The topological polar surface area (TPSA) is 70.7 Å². The highest BCUT2D eigenvalue weighted by Crippen LogP contribution is 2.18. The van der Waals surface area contributed by atoms with E-state index >= 15 is 0 Å². The second-order valence-corrected chi connectivity index (χ2v) is 6.18. The summed E-state index contributed by atoms with van der Waals surface area (Å²) in [6.07, 6.45) is 2.49. The van der Waals surface area contributed by atoms with Gasteiger partial charge in [0.1, 0.15) is 6.33 Å². The van der Waals surface area contributed by atoms with Gasteiger partial charge in [0.25, 0.3) is 5.91 Å². The molecule has 1 aromatic carbocycles. The fraction of sp³-hybridized carbons (Fsp3) is 0.400. The summed E-state index contributed by atoms with van der Waals surface area (Å²) in [7, 11) is 0. The van der Waals surface area contributed by atoms with Crippen LogP contribution in [0.5, 0.6) is 0 Å². The highest BCUT2D eigenvalue weighted by atomic mass is 32.2. The Hall–Kier alpha value is -1.82. The molecule has 0 saturated carbocycles. The Morgan fingerprint density at radius 2 is 2.10 bits per heavy atom. The van der Waals surface area contributed by atoms with Crippen LogP contribution >= 0.6 is 11.8 Å². The number of nitrogens with one attached hydrogen (secondary N) is 2.